The van der Waals surface area contributed by atoms with Gasteiger partial charge in [-0.05, 0) is 67.4 Å². The van der Waals surface area contributed by atoms with E-state index in [9.17, 15) is 9.90 Å². The Balaban J connectivity index is 1.59. The number of aromatic nitrogens is 1. The summed E-state index contributed by atoms with van der Waals surface area (Å²) in [5, 5.41) is 23.5. The third-order valence-corrected chi connectivity index (χ3v) is 7.49. The van der Waals surface area contributed by atoms with Gasteiger partial charge in [-0.15, -0.1) is 0 Å². The predicted molar refractivity (Wildman–Crippen MR) is 128 cm³/mol. The molecule has 1 aliphatic carbocycles. The van der Waals surface area contributed by atoms with Crippen molar-refractivity contribution in [2.75, 3.05) is 0 Å². The average Bonchev–Trinajstić information content (AvgIpc) is 3.04. The van der Waals surface area contributed by atoms with Gasteiger partial charge in [0.25, 0.3) is 0 Å². The van der Waals surface area contributed by atoms with E-state index in [4.69, 9.17) is 9.94 Å². The fraction of sp³-hybridized carbons (Fsp3) is 0.444. The van der Waals surface area contributed by atoms with Crippen molar-refractivity contribution in [3.63, 3.8) is 0 Å². The molecular weight excluding hydrogens is 416 g/mol. The lowest BCUT2D eigenvalue weighted by molar-refractivity contribution is -0.160. The number of esters is 1. The molecule has 0 radical (unpaired) electrons. The Morgan fingerprint density at radius 1 is 1.27 bits per heavy atom. The van der Waals surface area contributed by atoms with Gasteiger partial charge in [0, 0.05) is 17.7 Å². The molecule has 0 spiro atoms. The molecule has 4 rings (SSSR count). The van der Waals surface area contributed by atoms with Gasteiger partial charge in [0.05, 0.1) is 11.4 Å². The number of nitrogens with zero attached hydrogens (tertiary/aromatic N) is 2. The van der Waals surface area contributed by atoms with Gasteiger partial charge >= 0.3 is 5.97 Å². The second-order valence-electron chi connectivity index (χ2n) is 9.49. The van der Waals surface area contributed by atoms with Gasteiger partial charge in [-0.2, -0.15) is 0 Å². The van der Waals surface area contributed by atoms with E-state index >= 15 is 0 Å². The van der Waals surface area contributed by atoms with E-state index in [1.54, 1.807) is 6.92 Å². The Hall–Kier alpha value is -2.99. The highest BCUT2D eigenvalue weighted by Gasteiger charge is 2.62. The van der Waals surface area contributed by atoms with Crippen molar-refractivity contribution in [1.29, 1.82) is 0 Å². The molecule has 5 unspecified atom stereocenters. The van der Waals surface area contributed by atoms with Gasteiger partial charge in [-0.25, -0.2) is 4.79 Å². The zero-order valence-electron chi connectivity index (χ0n) is 19.6. The Morgan fingerprint density at radius 3 is 2.73 bits per heavy atom. The lowest BCUT2D eigenvalue weighted by atomic mass is 9.59. The summed E-state index contributed by atoms with van der Waals surface area (Å²) < 4.78 is 5.47. The topological polar surface area (TPSA) is 92.0 Å². The molecule has 1 saturated carbocycles. The number of cyclic esters (lactones) is 1. The first-order valence-corrected chi connectivity index (χ1v) is 11.7. The second-order valence-corrected chi connectivity index (χ2v) is 9.49. The molecule has 1 saturated heterocycles. The van der Waals surface area contributed by atoms with E-state index in [2.05, 4.69) is 30.1 Å². The maximum Gasteiger partial charge on any atom is 0.338 e. The van der Waals surface area contributed by atoms with Gasteiger partial charge in [-0.3, -0.25) is 4.98 Å². The van der Waals surface area contributed by atoms with Crippen LogP contribution in [0.25, 0.3) is 17.2 Å². The fourth-order valence-corrected chi connectivity index (χ4v) is 5.81. The number of hydrogen-bond donors (Lipinski definition) is 2. The largest absolute Gasteiger partial charge is 0.460 e. The highest BCUT2D eigenvalue weighted by atomic mass is 16.6. The standard InChI is InChI=1S/C27H32N2O4/c1-5-23-16(2)14-27(31)25(18(4)33-26(27)30)24(23)12-11-22-10-9-21(15-28-22)20-8-6-7-19(13-20)17(3)29-32/h6-13,15-16,18,23-25,31-32H,5,14H2,1-4H3/b12-11+,29-17-/t16?,18-,23?,24?,25?,27?/m1/s1. The zero-order valence-corrected chi connectivity index (χ0v) is 19.6. The third kappa shape index (κ3) is 4.20. The maximum atomic E-state index is 12.4. The van der Waals surface area contributed by atoms with E-state index in [-0.39, 0.29) is 23.9 Å². The van der Waals surface area contributed by atoms with Crippen LogP contribution < -0.4 is 0 Å². The predicted octanol–water partition coefficient (Wildman–Crippen LogP) is 4.93. The van der Waals surface area contributed by atoms with Crippen LogP contribution in [0.15, 0.2) is 53.8 Å². The first-order chi connectivity index (χ1) is 15.8. The first-order valence-electron chi connectivity index (χ1n) is 11.7. The minimum atomic E-state index is -1.40. The van der Waals surface area contributed by atoms with Crippen molar-refractivity contribution in [1.82, 2.24) is 4.98 Å². The molecule has 6 nitrogen and oxygen atoms in total. The minimum Gasteiger partial charge on any atom is -0.460 e. The fourth-order valence-electron chi connectivity index (χ4n) is 5.81. The third-order valence-electron chi connectivity index (χ3n) is 7.49. The molecule has 0 bridgehead atoms. The summed E-state index contributed by atoms with van der Waals surface area (Å²) >= 11 is 0. The number of fused-ring (bicyclic) bond motifs is 1. The van der Waals surface area contributed by atoms with Crippen molar-refractivity contribution in [2.24, 2.45) is 28.8 Å². The van der Waals surface area contributed by atoms with Crippen LogP contribution in [0.4, 0.5) is 0 Å². The minimum absolute atomic E-state index is 0.0316. The van der Waals surface area contributed by atoms with Crippen molar-refractivity contribution in [3.8, 4) is 11.1 Å². The maximum absolute atomic E-state index is 12.4. The molecule has 6 atom stereocenters. The molecule has 2 heterocycles. The monoisotopic (exact) mass is 448 g/mol. The summed E-state index contributed by atoms with van der Waals surface area (Å²) in [5.74, 6) is -0.116. The highest BCUT2D eigenvalue weighted by molar-refractivity contribution is 5.99. The smallest absolute Gasteiger partial charge is 0.338 e. The van der Waals surface area contributed by atoms with Gasteiger partial charge in [0.1, 0.15) is 6.10 Å². The average molecular weight is 449 g/mol. The van der Waals surface area contributed by atoms with Crippen LogP contribution in [0.2, 0.25) is 0 Å². The summed E-state index contributed by atoms with van der Waals surface area (Å²) in [4.78, 5) is 17.0. The number of hydrogen-bond acceptors (Lipinski definition) is 6. The quantitative estimate of drug-likeness (QED) is 0.293. The number of oxime groups is 1. The Kier molecular flexibility index (Phi) is 6.39. The van der Waals surface area contributed by atoms with E-state index in [1.165, 1.54) is 0 Å². The van der Waals surface area contributed by atoms with Gasteiger partial charge in [0.15, 0.2) is 5.60 Å². The van der Waals surface area contributed by atoms with Crippen molar-refractivity contribution in [3.05, 3.63) is 59.9 Å². The second kappa shape index (κ2) is 9.10. The van der Waals surface area contributed by atoms with Crippen molar-refractivity contribution < 1.29 is 19.8 Å². The number of aliphatic hydroxyl groups is 1. The summed E-state index contributed by atoms with van der Waals surface area (Å²) in [7, 11) is 0. The van der Waals surface area contributed by atoms with E-state index in [1.807, 2.05) is 55.6 Å². The van der Waals surface area contributed by atoms with Crippen LogP contribution in [0.3, 0.4) is 0 Å². The van der Waals surface area contributed by atoms with Crippen molar-refractivity contribution in [2.45, 2.75) is 52.2 Å². The number of allylic oxidation sites excluding steroid dienone is 1. The number of benzene rings is 1. The number of carbonyl (C=O) groups excluding carboxylic acids is 1. The molecule has 2 N–H and O–H groups in total. The molecule has 174 valence electrons. The highest BCUT2D eigenvalue weighted by Crippen LogP contribution is 2.52. The molecule has 0 amide bonds. The Labute approximate surface area is 195 Å². The molecule has 1 aromatic carbocycles. The van der Waals surface area contributed by atoms with Crippen LogP contribution in [0.1, 0.15) is 51.8 Å². The molecule has 2 aromatic rings. The summed E-state index contributed by atoms with van der Waals surface area (Å²) in [6, 6.07) is 11.8. The lowest BCUT2D eigenvalue weighted by Gasteiger charge is -2.45. The van der Waals surface area contributed by atoms with Crippen LogP contribution in [-0.4, -0.2) is 38.7 Å². The van der Waals surface area contributed by atoms with Crippen LogP contribution in [0.5, 0.6) is 0 Å². The number of rotatable bonds is 5. The molecule has 1 aliphatic heterocycles. The van der Waals surface area contributed by atoms with Gasteiger partial charge < -0.3 is 15.1 Å². The molecular formula is C27H32N2O4. The Bertz CT molecular complexity index is 1080. The summed E-state index contributed by atoms with van der Waals surface area (Å²) in [5.41, 5.74) is 2.78. The molecule has 2 fully saturated rings. The normalized spacial score (nSPS) is 32.1. The van der Waals surface area contributed by atoms with Crippen LogP contribution in [0, 0.1) is 23.7 Å². The molecule has 2 aliphatic rings. The van der Waals surface area contributed by atoms with E-state index in [0.717, 1.165) is 28.8 Å². The molecule has 1 aromatic heterocycles. The number of carbonyl (C=O) groups is 1. The SMILES string of the molecule is CCC1C(C)CC2(O)C(=O)O[C@H](C)C2C1/C=C/c1ccc(-c2cccc(/C(C)=N\O)c2)cn1. The van der Waals surface area contributed by atoms with Crippen molar-refractivity contribution >= 4 is 17.8 Å². The lowest BCUT2D eigenvalue weighted by Crippen LogP contribution is -2.53. The molecule has 33 heavy (non-hydrogen) atoms. The van der Waals surface area contributed by atoms with Crippen LogP contribution >= 0.6 is 0 Å². The van der Waals surface area contributed by atoms with E-state index < -0.39 is 11.6 Å². The number of ether oxygens (including phenoxy) is 1. The zero-order chi connectivity index (χ0) is 23.8. The summed E-state index contributed by atoms with van der Waals surface area (Å²) in [6.45, 7) is 7.92. The summed E-state index contributed by atoms with van der Waals surface area (Å²) in [6.07, 6.45) is 7.05. The van der Waals surface area contributed by atoms with Gasteiger partial charge in [-0.1, -0.05) is 55.8 Å². The van der Waals surface area contributed by atoms with Gasteiger partial charge in [0.2, 0.25) is 0 Å². The Morgan fingerprint density at radius 2 is 2.06 bits per heavy atom. The van der Waals surface area contributed by atoms with Crippen LogP contribution in [-0.2, 0) is 9.53 Å². The molecule has 6 heteroatoms. The first kappa shape index (κ1) is 23.2. The number of pyridine rings is 1. The van der Waals surface area contributed by atoms with E-state index in [0.29, 0.717) is 18.1 Å².